The second-order valence-electron chi connectivity index (χ2n) is 8.06. The highest BCUT2D eigenvalue weighted by Crippen LogP contribution is 2.50. The summed E-state index contributed by atoms with van der Waals surface area (Å²) in [5.74, 6) is -0.234. The van der Waals surface area contributed by atoms with Crippen molar-refractivity contribution in [3.05, 3.63) is 119 Å². The van der Waals surface area contributed by atoms with Gasteiger partial charge in [-0.25, -0.2) is 4.79 Å². The molecule has 0 heterocycles. The minimum atomic E-state index is -0.513. The predicted octanol–water partition coefficient (Wildman–Crippen LogP) is 8.44. The van der Waals surface area contributed by atoms with Gasteiger partial charge in [-0.05, 0) is 135 Å². The summed E-state index contributed by atoms with van der Waals surface area (Å²) in [4.78, 5) is 17.0. The maximum absolute atomic E-state index is 13.2. The number of hydrogen-bond donors (Lipinski definition) is 0. The van der Waals surface area contributed by atoms with Gasteiger partial charge in [-0.1, -0.05) is 48.5 Å². The molecule has 1 aliphatic rings. The average molecular weight is 801 g/mol. The van der Waals surface area contributed by atoms with Crippen molar-refractivity contribution in [1.82, 2.24) is 0 Å². The molecule has 1 aliphatic carbocycles. The van der Waals surface area contributed by atoms with Crippen molar-refractivity contribution in [3.63, 3.8) is 0 Å². The first-order valence-electron chi connectivity index (χ1n) is 10.8. The highest BCUT2D eigenvalue weighted by molar-refractivity contribution is 14.1. The molecule has 0 unspecified atom stereocenters. The fourth-order valence-electron chi connectivity index (χ4n) is 3.92. The minimum absolute atomic E-state index is 0.189. The van der Waals surface area contributed by atoms with Crippen molar-refractivity contribution in [1.29, 1.82) is 0 Å². The molecule has 0 amide bonds. The SMILES string of the molecule is O=C(OC1(c2ccc([S+](c3ccccc3)c3ccccc3)cc2)CC1)c1c(I)ccc(I)c1I. The van der Waals surface area contributed by atoms with E-state index in [9.17, 15) is 4.79 Å². The third kappa shape index (κ3) is 5.05. The van der Waals surface area contributed by atoms with Crippen LogP contribution in [0.2, 0.25) is 0 Å². The summed E-state index contributed by atoms with van der Waals surface area (Å²) < 4.78 is 9.10. The second-order valence-corrected chi connectivity index (χ2v) is 13.5. The van der Waals surface area contributed by atoms with Gasteiger partial charge in [0.05, 0.1) is 16.5 Å². The summed E-state index contributed by atoms with van der Waals surface area (Å²) in [7, 11) is -0.189. The van der Waals surface area contributed by atoms with E-state index in [2.05, 4.69) is 153 Å². The van der Waals surface area contributed by atoms with Crippen LogP contribution in [0.15, 0.2) is 112 Å². The first-order chi connectivity index (χ1) is 16.5. The zero-order chi connectivity index (χ0) is 23.7. The normalized spacial score (nSPS) is 14.1. The van der Waals surface area contributed by atoms with Crippen LogP contribution in [0.3, 0.4) is 0 Å². The van der Waals surface area contributed by atoms with Crippen LogP contribution in [0.5, 0.6) is 0 Å². The largest absolute Gasteiger partial charge is 0.451 e. The van der Waals surface area contributed by atoms with Crippen molar-refractivity contribution in [2.24, 2.45) is 0 Å². The van der Waals surface area contributed by atoms with Gasteiger partial charge in [0.2, 0.25) is 0 Å². The van der Waals surface area contributed by atoms with Gasteiger partial charge in [-0.15, -0.1) is 0 Å². The van der Waals surface area contributed by atoms with E-state index in [-0.39, 0.29) is 16.9 Å². The summed E-state index contributed by atoms with van der Waals surface area (Å²) in [6.45, 7) is 0. The summed E-state index contributed by atoms with van der Waals surface area (Å²) in [6.07, 6.45) is 1.72. The standard InChI is InChI=1S/C28H20I3O2S/c29-23-15-16-24(30)26(31)25(23)27(32)33-28(17-18-28)19-11-13-22(14-12-19)34(20-7-3-1-4-8-20)21-9-5-2-6-10-21/h1-16H,17-18H2/q+1. The van der Waals surface area contributed by atoms with Crippen LogP contribution in [0, 0.1) is 10.7 Å². The molecule has 0 N–H and O–H groups in total. The quantitative estimate of drug-likeness (QED) is 0.0848. The van der Waals surface area contributed by atoms with Gasteiger partial charge in [0.15, 0.2) is 14.7 Å². The Kier molecular flexibility index (Phi) is 7.57. The predicted molar refractivity (Wildman–Crippen MR) is 162 cm³/mol. The maximum Gasteiger partial charge on any atom is 0.341 e. The lowest BCUT2D eigenvalue weighted by molar-refractivity contribution is 0.0212. The molecule has 0 radical (unpaired) electrons. The molecule has 0 aromatic heterocycles. The van der Waals surface area contributed by atoms with E-state index in [1.807, 2.05) is 12.1 Å². The summed E-state index contributed by atoms with van der Waals surface area (Å²) in [5.41, 5.74) is 1.23. The van der Waals surface area contributed by atoms with Crippen LogP contribution < -0.4 is 0 Å². The number of halogens is 3. The van der Waals surface area contributed by atoms with E-state index >= 15 is 0 Å². The molecule has 2 nitrogen and oxygen atoms in total. The van der Waals surface area contributed by atoms with E-state index in [4.69, 9.17) is 4.74 Å². The first kappa shape index (κ1) is 24.6. The Balaban J connectivity index is 1.44. The highest BCUT2D eigenvalue weighted by Gasteiger charge is 2.49. The fraction of sp³-hybridized carbons (Fsp3) is 0.107. The maximum atomic E-state index is 13.2. The van der Waals surface area contributed by atoms with Crippen LogP contribution in [0.1, 0.15) is 28.8 Å². The number of ether oxygens (including phenoxy) is 1. The van der Waals surface area contributed by atoms with Crippen LogP contribution in [-0.2, 0) is 21.2 Å². The average Bonchev–Trinajstić information content (AvgIpc) is 3.64. The second kappa shape index (κ2) is 10.5. The Hall–Kier alpha value is -1.11. The molecule has 6 heteroatoms. The minimum Gasteiger partial charge on any atom is -0.451 e. The van der Waals surface area contributed by atoms with E-state index in [1.54, 1.807) is 0 Å². The summed E-state index contributed by atoms with van der Waals surface area (Å²) >= 11 is 6.73. The number of esters is 1. The molecule has 5 rings (SSSR count). The number of hydrogen-bond acceptors (Lipinski definition) is 2. The van der Waals surface area contributed by atoms with Gasteiger partial charge in [-0.2, -0.15) is 0 Å². The molecule has 34 heavy (non-hydrogen) atoms. The Morgan fingerprint density at radius 1 is 0.676 bits per heavy atom. The molecule has 0 saturated heterocycles. The van der Waals surface area contributed by atoms with Crippen molar-refractivity contribution in [3.8, 4) is 0 Å². The first-order valence-corrected chi connectivity index (χ1v) is 15.3. The highest BCUT2D eigenvalue weighted by atomic mass is 127. The van der Waals surface area contributed by atoms with Gasteiger partial charge in [0.1, 0.15) is 5.60 Å². The zero-order valence-corrected chi connectivity index (χ0v) is 25.3. The topological polar surface area (TPSA) is 26.3 Å². The van der Waals surface area contributed by atoms with Gasteiger partial charge < -0.3 is 4.74 Å². The summed E-state index contributed by atoms with van der Waals surface area (Å²) in [5, 5.41) is 0. The fourth-order valence-corrected chi connectivity index (χ4v) is 8.33. The lowest BCUT2D eigenvalue weighted by Crippen LogP contribution is -2.20. The van der Waals surface area contributed by atoms with E-state index in [0.29, 0.717) is 5.56 Å². The third-order valence-electron chi connectivity index (χ3n) is 5.81. The Bertz CT molecular complexity index is 1280. The molecule has 4 aromatic rings. The van der Waals surface area contributed by atoms with Crippen LogP contribution in [0.4, 0.5) is 0 Å². The Morgan fingerprint density at radius 3 is 1.71 bits per heavy atom. The van der Waals surface area contributed by atoms with Crippen LogP contribution in [-0.4, -0.2) is 5.97 Å². The molecule has 4 aromatic carbocycles. The molecule has 170 valence electrons. The number of carbonyl (C=O) groups is 1. The van der Waals surface area contributed by atoms with E-state index in [1.165, 1.54) is 14.7 Å². The lowest BCUT2D eigenvalue weighted by Gasteiger charge is -2.19. The smallest absolute Gasteiger partial charge is 0.341 e. The molecule has 0 atom stereocenters. The molecule has 1 saturated carbocycles. The Labute approximate surface area is 243 Å². The number of rotatable bonds is 6. The summed E-state index contributed by atoms with van der Waals surface area (Å²) in [6, 6.07) is 34.0. The van der Waals surface area contributed by atoms with Gasteiger partial charge in [-0.3, -0.25) is 0 Å². The van der Waals surface area contributed by atoms with Crippen LogP contribution >= 0.6 is 67.8 Å². The molecular weight excluding hydrogens is 781 g/mol. The monoisotopic (exact) mass is 801 g/mol. The van der Waals surface area contributed by atoms with Crippen molar-refractivity contribution in [2.45, 2.75) is 33.1 Å². The number of carbonyl (C=O) groups excluding carboxylic acids is 1. The van der Waals surface area contributed by atoms with E-state index < -0.39 is 5.60 Å². The molecule has 0 spiro atoms. The van der Waals surface area contributed by atoms with Crippen LogP contribution in [0.25, 0.3) is 0 Å². The zero-order valence-electron chi connectivity index (χ0n) is 18.0. The van der Waals surface area contributed by atoms with Gasteiger partial charge >= 0.3 is 5.97 Å². The Morgan fingerprint density at radius 2 is 1.18 bits per heavy atom. The van der Waals surface area contributed by atoms with Crippen molar-refractivity contribution >= 4 is 84.6 Å². The molecule has 1 fully saturated rings. The van der Waals surface area contributed by atoms with Crippen molar-refractivity contribution in [2.75, 3.05) is 0 Å². The van der Waals surface area contributed by atoms with E-state index in [0.717, 1.165) is 29.1 Å². The third-order valence-corrected chi connectivity index (χ3v) is 12.0. The van der Waals surface area contributed by atoms with Crippen molar-refractivity contribution < 1.29 is 9.53 Å². The molecule has 0 bridgehead atoms. The van der Waals surface area contributed by atoms with Gasteiger partial charge in [0.25, 0.3) is 0 Å². The molecular formula is C28H20I3O2S+. The lowest BCUT2D eigenvalue weighted by atomic mass is 10.1. The number of benzene rings is 4. The van der Waals surface area contributed by atoms with Gasteiger partial charge in [0, 0.05) is 10.7 Å². The molecule has 0 aliphatic heterocycles.